The summed E-state index contributed by atoms with van der Waals surface area (Å²) in [6, 6.07) is 0.817. The van der Waals surface area contributed by atoms with Crippen LogP contribution in [0.1, 0.15) is 26.8 Å². The van der Waals surface area contributed by atoms with Gasteiger partial charge in [-0.05, 0) is 46.3 Å². The number of primary amides is 1. The number of alkyl halides is 3. The van der Waals surface area contributed by atoms with Crippen LogP contribution in [0.3, 0.4) is 0 Å². The van der Waals surface area contributed by atoms with E-state index in [2.05, 4.69) is 36.4 Å². The van der Waals surface area contributed by atoms with E-state index in [-0.39, 0.29) is 36.5 Å². The minimum atomic E-state index is -4.79. The summed E-state index contributed by atoms with van der Waals surface area (Å²) in [6.45, 7) is 2.65. The lowest BCUT2D eigenvalue weighted by molar-refractivity contribution is -0.390. The number of thiophene rings is 1. The molecule has 0 bridgehead atoms. The first-order valence-electron chi connectivity index (χ1n) is 10.2. The normalized spacial score (nSPS) is 11.8. The Kier molecular flexibility index (Phi) is 6.53. The van der Waals surface area contributed by atoms with Gasteiger partial charge < -0.3 is 21.2 Å². The molecule has 0 fully saturated rings. The van der Waals surface area contributed by atoms with Gasteiger partial charge in [-0.2, -0.15) is 23.0 Å². The molecule has 0 aliphatic heterocycles. The summed E-state index contributed by atoms with van der Waals surface area (Å²) in [5, 5.41) is 21.6. The molecular formula is C20H16BrF3N8O4S. The molecule has 4 heterocycles. The maximum atomic E-state index is 13.7. The van der Waals surface area contributed by atoms with Gasteiger partial charge in [-0.3, -0.25) is 14.3 Å². The number of hydrogen-bond donors (Lipinski definition) is 2. The number of nitrogens with zero attached hydrogens (tertiary/aromatic N) is 6. The van der Waals surface area contributed by atoms with Gasteiger partial charge in [-0.15, -0.1) is 11.3 Å². The van der Waals surface area contributed by atoms with Gasteiger partial charge in [0.05, 0.1) is 22.7 Å². The van der Waals surface area contributed by atoms with Crippen molar-refractivity contribution in [2.75, 3.05) is 5.32 Å². The molecule has 4 aromatic rings. The summed E-state index contributed by atoms with van der Waals surface area (Å²) in [5.41, 5.74) is 5.34. The topological polar surface area (TPSA) is 164 Å². The number of nitrogens with one attached hydrogen (secondary N) is 1. The molecule has 3 N–H and O–H groups in total. The third kappa shape index (κ3) is 4.66. The van der Waals surface area contributed by atoms with E-state index in [0.29, 0.717) is 22.6 Å². The second-order valence-corrected chi connectivity index (χ2v) is 9.65. The van der Waals surface area contributed by atoms with Crippen LogP contribution >= 0.6 is 27.3 Å². The minimum Gasteiger partial charge on any atom is -0.365 e. The molecule has 0 saturated carbocycles. The molecule has 0 aliphatic carbocycles. The Balaban J connectivity index is 1.88. The fourth-order valence-electron chi connectivity index (χ4n) is 3.61. The van der Waals surface area contributed by atoms with Crippen LogP contribution in [0.25, 0.3) is 21.3 Å². The van der Waals surface area contributed by atoms with Gasteiger partial charge in [0, 0.05) is 23.7 Å². The van der Waals surface area contributed by atoms with Crippen LogP contribution in [0, 0.1) is 24.0 Å². The van der Waals surface area contributed by atoms with Gasteiger partial charge in [0.15, 0.2) is 0 Å². The molecule has 17 heteroatoms. The third-order valence-electron chi connectivity index (χ3n) is 5.55. The number of amides is 2. The zero-order valence-electron chi connectivity index (χ0n) is 19.2. The van der Waals surface area contributed by atoms with E-state index in [9.17, 15) is 32.9 Å². The fourth-order valence-corrected chi connectivity index (χ4v) is 5.04. The monoisotopic (exact) mass is 600 g/mol. The van der Waals surface area contributed by atoms with E-state index in [1.807, 2.05) is 0 Å². The Morgan fingerprint density at radius 1 is 1.27 bits per heavy atom. The number of rotatable bonds is 6. The maximum Gasteiger partial charge on any atom is 0.433 e. The van der Waals surface area contributed by atoms with Crippen molar-refractivity contribution in [3.63, 3.8) is 0 Å². The first-order chi connectivity index (χ1) is 17.2. The smallest absolute Gasteiger partial charge is 0.365 e. The molecule has 4 aromatic heterocycles. The molecule has 0 unspecified atom stereocenters. The van der Waals surface area contributed by atoms with Crippen LogP contribution in [0.2, 0.25) is 0 Å². The van der Waals surface area contributed by atoms with Crippen molar-refractivity contribution in [3.05, 3.63) is 48.8 Å². The van der Waals surface area contributed by atoms with E-state index in [1.54, 1.807) is 14.0 Å². The lowest BCUT2D eigenvalue weighted by Crippen LogP contribution is -2.22. The quantitative estimate of drug-likeness (QED) is 0.250. The van der Waals surface area contributed by atoms with E-state index < -0.39 is 41.0 Å². The number of carbonyl (C=O) groups is 2. The minimum absolute atomic E-state index is 0.0376. The number of anilines is 1. The van der Waals surface area contributed by atoms with E-state index in [1.165, 1.54) is 17.8 Å². The lowest BCUT2D eigenvalue weighted by Gasteiger charge is -2.12. The summed E-state index contributed by atoms with van der Waals surface area (Å²) in [5.74, 6) is -2.25. The molecule has 0 aliphatic rings. The van der Waals surface area contributed by atoms with Gasteiger partial charge in [0.1, 0.15) is 26.4 Å². The van der Waals surface area contributed by atoms with Crippen LogP contribution < -0.4 is 11.1 Å². The number of carbonyl (C=O) groups excluding carboxylic acids is 2. The third-order valence-corrected chi connectivity index (χ3v) is 7.58. The summed E-state index contributed by atoms with van der Waals surface area (Å²) >= 11 is 3.66. The summed E-state index contributed by atoms with van der Waals surface area (Å²) < 4.78 is 43.6. The average Bonchev–Trinajstić information content (AvgIpc) is 3.42. The average molecular weight is 601 g/mol. The Labute approximate surface area is 217 Å². The molecule has 0 atom stereocenters. The highest BCUT2D eigenvalue weighted by Crippen LogP contribution is 2.44. The van der Waals surface area contributed by atoms with Gasteiger partial charge in [-0.1, -0.05) is 0 Å². The van der Waals surface area contributed by atoms with E-state index in [4.69, 9.17) is 5.73 Å². The zero-order chi connectivity index (χ0) is 27.4. The molecule has 0 spiro atoms. The van der Waals surface area contributed by atoms with Crippen LogP contribution in [0.4, 0.5) is 24.7 Å². The van der Waals surface area contributed by atoms with Crippen LogP contribution in [-0.2, 0) is 24.6 Å². The molecule has 37 heavy (non-hydrogen) atoms. The predicted octanol–water partition coefficient (Wildman–Crippen LogP) is 3.94. The van der Waals surface area contributed by atoms with Gasteiger partial charge in [0.2, 0.25) is 5.91 Å². The van der Waals surface area contributed by atoms with Crippen molar-refractivity contribution < 1.29 is 27.7 Å². The van der Waals surface area contributed by atoms with E-state index >= 15 is 0 Å². The second kappa shape index (κ2) is 9.22. The van der Waals surface area contributed by atoms with Crippen LogP contribution in [-0.4, -0.2) is 41.3 Å². The Morgan fingerprint density at radius 2 is 1.95 bits per heavy atom. The van der Waals surface area contributed by atoms with Gasteiger partial charge in [0.25, 0.3) is 5.91 Å². The number of nitro groups is 1. The molecular weight excluding hydrogens is 585 g/mol. The van der Waals surface area contributed by atoms with Crippen molar-refractivity contribution >= 4 is 60.8 Å². The largest absolute Gasteiger partial charge is 0.433 e. The highest BCUT2D eigenvalue weighted by molar-refractivity contribution is 9.10. The second-order valence-electron chi connectivity index (χ2n) is 7.86. The summed E-state index contributed by atoms with van der Waals surface area (Å²) in [7, 11) is 1.61. The van der Waals surface area contributed by atoms with Gasteiger partial charge >= 0.3 is 12.0 Å². The fraction of sp³-hybridized carbons (Fsp3) is 0.250. The number of hydrogen-bond acceptors (Lipinski definition) is 8. The maximum absolute atomic E-state index is 13.7. The number of pyridine rings is 1. The van der Waals surface area contributed by atoms with Crippen molar-refractivity contribution in [2.45, 2.75) is 26.6 Å². The van der Waals surface area contributed by atoms with Crippen LogP contribution in [0.15, 0.2) is 16.7 Å². The summed E-state index contributed by atoms with van der Waals surface area (Å²) in [4.78, 5) is 38.9. The Bertz CT molecular complexity index is 1610. The number of aromatic nitrogens is 5. The predicted molar refractivity (Wildman–Crippen MR) is 130 cm³/mol. The van der Waals surface area contributed by atoms with Crippen molar-refractivity contribution in [1.82, 2.24) is 24.5 Å². The standard InChI is InChI=1S/C20H16BrF3N8O4S/c1-7-10(5-26-30(7)3)9-4-11(20(22,23)24)27-19-13(9)15(16(37-19)17(25)34)28-12(33)6-31-8(2)14(21)18(29-31)32(35)36/h4-5H,6H2,1-3H3,(H2,25,34)(H,28,33). The highest BCUT2D eigenvalue weighted by Gasteiger charge is 2.35. The number of aryl methyl sites for hydroxylation is 1. The number of fused-ring (bicyclic) bond motifs is 1. The molecule has 194 valence electrons. The lowest BCUT2D eigenvalue weighted by atomic mass is 10.0. The summed E-state index contributed by atoms with van der Waals surface area (Å²) in [6.07, 6.45) is -3.43. The van der Waals surface area contributed by atoms with Crippen molar-refractivity contribution in [1.29, 1.82) is 0 Å². The van der Waals surface area contributed by atoms with Crippen LogP contribution in [0.5, 0.6) is 0 Å². The molecule has 0 aromatic carbocycles. The Hall–Kier alpha value is -3.86. The number of nitrogens with two attached hydrogens (primary N) is 1. The van der Waals surface area contributed by atoms with Crippen molar-refractivity contribution in [3.8, 4) is 11.1 Å². The first-order valence-corrected chi connectivity index (χ1v) is 11.8. The SMILES string of the molecule is Cc1c(-c2cc(C(F)(F)F)nc3sc(C(N)=O)c(NC(=O)Cn4nc([N+](=O)[O-])c(Br)c4C)c23)cnn1C. The molecule has 2 amide bonds. The van der Waals surface area contributed by atoms with E-state index in [0.717, 1.165) is 10.7 Å². The number of halogens is 4. The molecule has 4 rings (SSSR count). The Morgan fingerprint density at radius 3 is 2.46 bits per heavy atom. The highest BCUT2D eigenvalue weighted by atomic mass is 79.9. The molecule has 0 radical (unpaired) electrons. The first kappa shape index (κ1) is 26.2. The zero-order valence-corrected chi connectivity index (χ0v) is 21.6. The molecule has 12 nitrogen and oxygen atoms in total. The van der Waals surface area contributed by atoms with Gasteiger partial charge in [-0.25, -0.2) is 4.98 Å². The molecule has 0 saturated heterocycles. The van der Waals surface area contributed by atoms with Crippen molar-refractivity contribution in [2.24, 2.45) is 12.8 Å².